The van der Waals surface area contributed by atoms with E-state index in [0.717, 1.165) is 6.07 Å². The molecular formula is C17H15F3N2O6. The van der Waals surface area contributed by atoms with E-state index in [1.807, 2.05) is 0 Å². The minimum absolute atomic E-state index is 0.206. The molecule has 0 bridgehead atoms. The molecule has 2 unspecified atom stereocenters. The van der Waals surface area contributed by atoms with Crippen LogP contribution < -0.4 is 9.47 Å². The number of nitrogens with zero attached hydrogens (tertiary/aromatic N) is 2. The zero-order valence-corrected chi connectivity index (χ0v) is 14.9. The number of para-hydroxylation sites is 1. The van der Waals surface area contributed by atoms with E-state index in [1.165, 1.54) is 37.9 Å². The average Bonchev–Trinajstić information content (AvgIpc) is 2.59. The van der Waals surface area contributed by atoms with E-state index in [0.29, 0.717) is 0 Å². The molecular weight excluding hydrogens is 385 g/mol. The molecule has 1 N–H and O–H groups in total. The van der Waals surface area contributed by atoms with Crippen LogP contribution in [0.4, 0.5) is 13.2 Å². The minimum Gasteiger partial charge on any atom is -0.478 e. The van der Waals surface area contributed by atoms with Gasteiger partial charge >= 0.3 is 18.4 Å². The second-order valence-electron chi connectivity index (χ2n) is 6.30. The number of fused-ring (bicyclic) bond motifs is 1. The summed E-state index contributed by atoms with van der Waals surface area (Å²) >= 11 is 0. The summed E-state index contributed by atoms with van der Waals surface area (Å²) in [7, 11) is 1.49. The standard InChI is InChI=1S/C17H15F3N2O6/c1-7-11(15(23)24)12(13(22(25)26)8(2)21(7)3)9-5-4-6-10-14(9)27-16(18)17(19,20)28-10/h4-6,8,16H,1-3H3,(H,23,24). The lowest BCUT2D eigenvalue weighted by molar-refractivity contribution is -0.431. The average molecular weight is 400 g/mol. The normalized spacial score (nSPS) is 23.7. The van der Waals surface area contributed by atoms with Crippen LogP contribution in [0.25, 0.3) is 5.57 Å². The van der Waals surface area contributed by atoms with Crippen molar-refractivity contribution in [3.05, 3.63) is 50.8 Å². The van der Waals surface area contributed by atoms with Crippen molar-refractivity contribution in [1.82, 2.24) is 4.90 Å². The Morgan fingerprint density at radius 3 is 2.61 bits per heavy atom. The van der Waals surface area contributed by atoms with Gasteiger partial charge in [-0.15, -0.1) is 0 Å². The van der Waals surface area contributed by atoms with Gasteiger partial charge in [0.15, 0.2) is 11.5 Å². The third kappa shape index (κ3) is 2.83. The molecule has 3 rings (SSSR count). The van der Waals surface area contributed by atoms with Crippen LogP contribution in [0.15, 0.2) is 35.2 Å². The van der Waals surface area contributed by atoms with Gasteiger partial charge in [0, 0.05) is 18.3 Å². The van der Waals surface area contributed by atoms with Crippen LogP contribution in [-0.4, -0.2) is 46.5 Å². The van der Waals surface area contributed by atoms with Crippen LogP contribution in [0, 0.1) is 10.1 Å². The van der Waals surface area contributed by atoms with Crippen LogP contribution in [0.3, 0.4) is 0 Å². The van der Waals surface area contributed by atoms with Gasteiger partial charge in [-0.25, -0.2) is 4.79 Å². The van der Waals surface area contributed by atoms with Crippen molar-refractivity contribution in [2.24, 2.45) is 0 Å². The number of alkyl halides is 3. The number of nitro groups is 1. The minimum atomic E-state index is -4.26. The summed E-state index contributed by atoms with van der Waals surface area (Å²) in [6.45, 7) is 2.94. The quantitative estimate of drug-likeness (QED) is 0.615. The molecule has 0 saturated carbocycles. The first-order chi connectivity index (χ1) is 13.0. The third-order valence-electron chi connectivity index (χ3n) is 4.76. The third-order valence-corrected chi connectivity index (χ3v) is 4.76. The molecule has 0 radical (unpaired) electrons. The van der Waals surface area contributed by atoms with Crippen molar-refractivity contribution in [2.45, 2.75) is 32.4 Å². The number of hydrogen-bond donors (Lipinski definition) is 1. The lowest BCUT2D eigenvalue weighted by Gasteiger charge is -2.34. The highest BCUT2D eigenvalue weighted by Gasteiger charge is 2.51. The number of ether oxygens (including phenoxy) is 2. The molecule has 1 aromatic carbocycles. The van der Waals surface area contributed by atoms with E-state index in [9.17, 15) is 33.2 Å². The number of likely N-dealkylation sites (N-methyl/N-ethyl adjacent to an activating group) is 1. The lowest BCUT2D eigenvalue weighted by Crippen LogP contribution is -2.43. The predicted octanol–water partition coefficient (Wildman–Crippen LogP) is 3.03. The highest BCUT2D eigenvalue weighted by atomic mass is 19.3. The first-order valence-electron chi connectivity index (χ1n) is 8.04. The van der Waals surface area contributed by atoms with Gasteiger partial charge in [0.2, 0.25) is 0 Å². The fraction of sp³-hybridized carbons (Fsp3) is 0.353. The van der Waals surface area contributed by atoms with Crippen molar-refractivity contribution in [2.75, 3.05) is 7.05 Å². The fourth-order valence-electron chi connectivity index (χ4n) is 3.23. The summed E-state index contributed by atoms with van der Waals surface area (Å²) in [5, 5.41) is 21.4. The van der Waals surface area contributed by atoms with Crippen molar-refractivity contribution in [1.29, 1.82) is 0 Å². The van der Waals surface area contributed by atoms with E-state index < -0.39 is 52.2 Å². The highest BCUT2D eigenvalue weighted by Crippen LogP contribution is 2.48. The molecule has 0 amide bonds. The molecule has 8 nitrogen and oxygen atoms in total. The number of hydrogen-bond acceptors (Lipinski definition) is 6. The van der Waals surface area contributed by atoms with Crippen molar-refractivity contribution in [3.63, 3.8) is 0 Å². The summed E-state index contributed by atoms with van der Waals surface area (Å²) in [6.07, 6.45) is -7.42. The molecule has 0 aromatic heterocycles. The van der Waals surface area contributed by atoms with Gasteiger partial charge in [0.25, 0.3) is 5.70 Å². The molecule has 0 spiro atoms. The molecule has 0 aliphatic carbocycles. The van der Waals surface area contributed by atoms with Crippen molar-refractivity contribution < 1.29 is 37.5 Å². The molecule has 2 aliphatic heterocycles. The second kappa shape index (κ2) is 6.43. The Hall–Kier alpha value is -3.24. The van der Waals surface area contributed by atoms with Crippen LogP contribution in [-0.2, 0) is 4.79 Å². The largest absolute Gasteiger partial charge is 0.478 e. The first-order valence-corrected chi connectivity index (χ1v) is 8.04. The van der Waals surface area contributed by atoms with Gasteiger partial charge in [-0.3, -0.25) is 10.1 Å². The number of halogens is 3. The van der Waals surface area contributed by atoms with Gasteiger partial charge in [0.1, 0.15) is 6.04 Å². The topological polar surface area (TPSA) is 102 Å². The van der Waals surface area contributed by atoms with Crippen molar-refractivity contribution in [3.8, 4) is 11.5 Å². The molecule has 28 heavy (non-hydrogen) atoms. The highest BCUT2D eigenvalue weighted by molar-refractivity contribution is 6.08. The summed E-state index contributed by atoms with van der Waals surface area (Å²) in [6, 6.07) is 2.68. The van der Waals surface area contributed by atoms with E-state index in [2.05, 4.69) is 9.47 Å². The maximum Gasteiger partial charge on any atom is 0.468 e. The molecule has 2 heterocycles. The van der Waals surface area contributed by atoms with Crippen LogP contribution in [0.1, 0.15) is 19.4 Å². The number of benzene rings is 1. The van der Waals surface area contributed by atoms with E-state index >= 15 is 0 Å². The first kappa shape index (κ1) is 19.5. The number of rotatable bonds is 3. The van der Waals surface area contributed by atoms with Gasteiger partial charge in [-0.05, 0) is 19.9 Å². The Morgan fingerprint density at radius 1 is 1.39 bits per heavy atom. The number of allylic oxidation sites excluding steroid dienone is 1. The van der Waals surface area contributed by atoms with E-state index in [1.54, 1.807) is 0 Å². The zero-order chi connectivity index (χ0) is 21.0. The van der Waals surface area contributed by atoms with Crippen LogP contribution in [0.2, 0.25) is 0 Å². The number of carboxylic acids is 1. The van der Waals surface area contributed by atoms with Crippen LogP contribution >= 0.6 is 0 Å². The van der Waals surface area contributed by atoms with Gasteiger partial charge in [0.05, 0.1) is 16.1 Å². The fourth-order valence-corrected chi connectivity index (χ4v) is 3.23. The summed E-state index contributed by atoms with van der Waals surface area (Å²) in [4.78, 5) is 24.3. The molecule has 11 heteroatoms. The van der Waals surface area contributed by atoms with Crippen LogP contribution in [0.5, 0.6) is 11.5 Å². The van der Waals surface area contributed by atoms with E-state index in [4.69, 9.17) is 0 Å². The Morgan fingerprint density at radius 2 is 2.04 bits per heavy atom. The Bertz CT molecular complexity index is 943. The zero-order valence-electron chi connectivity index (χ0n) is 14.9. The smallest absolute Gasteiger partial charge is 0.468 e. The molecule has 150 valence electrons. The monoisotopic (exact) mass is 400 g/mol. The Balaban J connectivity index is 2.35. The summed E-state index contributed by atoms with van der Waals surface area (Å²) in [5.74, 6) is -2.55. The molecule has 1 aromatic rings. The Kier molecular flexibility index (Phi) is 4.48. The summed E-state index contributed by atoms with van der Waals surface area (Å²) in [5.41, 5.74) is -1.28. The van der Waals surface area contributed by atoms with E-state index in [-0.39, 0.29) is 16.8 Å². The molecule has 0 fully saturated rings. The maximum atomic E-state index is 13.7. The van der Waals surface area contributed by atoms with Gasteiger partial charge < -0.3 is 19.5 Å². The molecule has 2 atom stereocenters. The maximum absolute atomic E-state index is 13.7. The van der Waals surface area contributed by atoms with Crippen molar-refractivity contribution >= 4 is 11.5 Å². The second-order valence-corrected chi connectivity index (χ2v) is 6.30. The number of carbonyl (C=O) groups is 1. The predicted molar refractivity (Wildman–Crippen MR) is 89.0 cm³/mol. The Labute approximate surface area is 156 Å². The number of carboxylic acid groups (broad SMARTS) is 1. The van der Waals surface area contributed by atoms with Gasteiger partial charge in [-0.2, -0.15) is 13.2 Å². The lowest BCUT2D eigenvalue weighted by atomic mass is 9.87. The SMILES string of the molecule is CC1=C(C(=O)O)C(c2cccc3c2OC(F)C(F)(F)O3)=C([N+](=O)[O-])C(C)N1C. The molecule has 2 aliphatic rings. The van der Waals surface area contributed by atoms with Gasteiger partial charge in [-0.1, -0.05) is 12.1 Å². The molecule has 0 saturated heterocycles. The summed E-state index contributed by atoms with van der Waals surface area (Å²) < 4.78 is 49.7. The number of aliphatic carboxylic acids is 1.